The van der Waals surface area contributed by atoms with Crippen molar-refractivity contribution in [1.82, 2.24) is 15.1 Å². The van der Waals surface area contributed by atoms with Crippen LogP contribution in [0.3, 0.4) is 0 Å². The molecule has 0 aliphatic heterocycles. The van der Waals surface area contributed by atoms with Crippen molar-refractivity contribution in [3.63, 3.8) is 0 Å². The molecule has 0 radical (unpaired) electrons. The number of carbonyl (C=O) groups is 3. The van der Waals surface area contributed by atoms with Gasteiger partial charge in [-0.15, -0.1) is 0 Å². The van der Waals surface area contributed by atoms with Gasteiger partial charge in [0, 0.05) is 23.4 Å². The zero-order valence-corrected chi connectivity index (χ0v) is 17.6. The standard InChI is InChI=1S/C24H23N3O5/c1-2-31-24(30)25-21(28)17-32-22(29)14-13-20-16-27(15-18-9-5-3-6-10-18)26-23(20)19-11-7-4-8-12-19/h3-14,16H,2,15,17H2,1H3,(H,25,28,30)/b14-13+. The van der Waals surface area contributed by atoms with Gasteiger partial charge in [0.1, 0.15) is 0 Å². The maximum Gasteiger partial charge on any atom is 0.413 e. The molecule has 1 N–H and O–H groups in total. The molecule has 0 bridgehead atoms. The summed E-state index contributed by atoms with van der Waals surface area (Å²) in [6, 6.07) is 19.5. The van der Waals surface area contributed by atoms with Gasteiger partial charge in [0.25, 0.3) is 5.91 Å². The molecular weight excluding hydrogens is 410 g/mol. The van der Waals surface area contributed by atoms with Gasteiger partial charge < -0.3 is 9.47 Å². The third-order valence-electron chi connectivity index (χ3n) is 4.29. The lowest BCUT2D eigenvalue weighted by Gasteiger charge is -2.04. The Hall–Kier alpha value is -4.20. The van der Waals surface area contributed by atoms with Gasteiger partial charge in [0.15, 0.2) is 6.61 Å². The predicted octanol–water partition coefficient (Wildman–Crippen LogP) is 3.43. The number of aromatic nitrogens is 2. The molecule has 1 aromatic heterocycles. The van der Waals surface area contributed by atoms with Crippen molar-refractivity contribution in [3.8, 4) is 11.3 Å². The van der Waals surface area contributed by atoms with Crippen LogP contribution in [0, 0.1) is 0 Å². The number of carbonyl (C=O) groups excluding carboxylic acids is 3. The highest BCUT2D eigenvalue weighted by Crippen LogP contribution is 2.23. The summed E-state index contributed by atoms with van der Waals surface area (Å²) in [5, 5.41) is 6.63. The molecule has 1 heterocycles. The number of nitrogens with zero attached hydrogens (tertiary/aromatic N) is 2. The number of hydrogen-bond acceptors (Lipinski definition) is 6. The first-order valence-corrected chi connectivity index (χ1v) is 10.0. The van der Waals surface area contributed by atoms with Gasteiger partial charge in [-0.25, -0.2) is 9.59 Å². The quantitative estimate of drug-likeness (QED) is 0.432. The van der Waals surface area contributed by atoms with E-state index in [4.69, 9.17) is 4.74 Å². The summed E-state index contributed by atoms with van der Waals surface area (Å²) in [4.78, 5) is 34.8. The van der Waals surface area contributed by atoms with Crippen molar-refractivity contribution < 1.29 is 23.9 Å². The molecular formula is C24H23N3O5. The Morgan fingerprint density at radius 2 is 1.69 bits per heavy atom. The fourth-order valence-corrected chi connectivity index (χ4v) is 2.89. The van der Waals surface area contributed by atoms with Crippen LogP contribution in [0.2, 0.25) is 0 Å². The monoisotopic (exact) mass is 433 g/mol. The molecule has 3 aromatic rings. The third kappa shape index (κ3) is 6.66. The number of hydrogen-bond donors (Lipinski definition) is 1. The molecule has 0 aliphatic rings. The lowest BCUT2D eigenvalue weighted by Crippen LogP contribution is -2.34. The Kier molecular flexibility index (Phi) is 7.91. The van der Waals surface area contributed by atoms with Gasteiger partial charge in [-0.05, 0) is 18.6 Å². The smallest absolute Gasteiger partial charge is 0.413 e. The van der Waals surface area contributed by atoms with Gasteiger partial charge in [-0.3, -0.25) is 14.8 Å². The second-order valence-electron chi connectivity index (χ2n) is 6.69. The fourth-order valence-electron chi connectivity index (χ4n) is 2.89. The normalized spacial score (nSPS) is 10.7. The Morgan fingerprint density at radius 1 is 1.00 bits per heavy atom. The second kappa shape index (κ2) is 11.3. The Balaban J connectivity index is 1.70. The summed E-state index contributed by atoms with van der Waals surface area (Å²) >= 11 is 0. The number of nitrogens with one attached hydrogen (secondary N) is 1. The highest BCUT2D eigenvalue weighted by Gasteiger charge is 2.12. The van der Waals surface area contributed by atoms with Crippen molar-refractivity contribution in [1.29, 1.82) is 0 Å². The minimum absolute atomic E-state index is 0.128. The van der Waals surface area contributed by atoms with E-state index in [2.05, 4.69) is 9.84 Å². The zero-order valence-electron chi connectivity index (χ0n) is 17.6. The van der Waals surface area contributed by atoms with E-state index in [1.54, 1.807) is 17.7 Å². The van der Waals surface area contributed by atoms with Gasteiger partial charge >= 0.3 is 12.1 Å². The van der Waals surface area contributed by atoms with E-state index >= 15 is 0 Å². The Morgan fingerprint density at radius 3 is 2.38 bits per heavy atom. The first-order chi connectivity index (χ1) is 15.5. The summed E-state index contributed by atoms with van der Waals surface area (Å²) in [6.07, 6.45) is 3.76. The van der Waals surface area contributed by atoms with E-state index in [9.17, 15) is 14.4 Å². The average Bonchev–Trinajstić information content (AvgIpc) is 3.20. The summed E-state index contributed by atoms with van der Waals surface area (Å²) in [5.74, 6) is -1.50. The van der Waals surface area contributed by atoms with Crippen LogP contribution in [-0.2, 0) is 25.6 Å². The molecule has 164 valence electrons. The average molecular weight is 433 g/mol. The van der Waals surface area contributed by atoms with Crippen LogP contribution in [0.5, 0.6) is 0 Å². The maximum absolute atomic E-state index is 12.0. The van der Waals surface area contributed by atoms with E-state index < -0.39 is 24.6 Å². The van der Waals surface area contributed by atoms with Crippen LogP contribution in [0.25, 0.3) is 17.3 Å². The van der Waals surface area contributed by atoms with Crippen LogP contribution >= 0.6 is 0 Å². The van der Waals surface area contributed by atoms with E-state index in [0.29, 0.717) is 12.2 Å². The van der Waals surface area contributed by atoms with Crippen LogP contribution in [0.1, 0.15) is 18.1 Å². The minimum Gasteiger partial charge on any atom is -0.452 e. The SMILES string of the molecule is CCOC(=O)NC(=O)COC(=O)/C=C/c1cn(Cc2ccccc2)nc1-c1ccccc1. The maximum atomic E-state index is 12.0. The van der Waals surface area contributed by atoms with Crippen LogP contribution in [-0.4, -0.2) is 41.0 Å². The van der Waals surface area contributed by atoms with Crippen LogP contribution in [0.15, 0.2) is 72.9 Å². The van der Waals surface area contributed by atoms with Gasteiger partial charge in [-0.2, -0.15) is 5.10 Å². The number of amides is 2. The molecule has 0 saturated carbocycles. The molecule has 2 aromatic carbocycles. The van der Waals surface area contributed by atoms with E-state index in [1.165, 1.54) is 6.08 Å². The van der Waals surface area contributed by atoms with Crippen molar-refractivity contribution >= 4 is 24.0 Å². The first-order valence-electron chi connectivity index (χ1n) is 10.0. The number of esters is 1. The molecule has 0 saturated heterocycles. The van der Waals surface area contributed by atoms with E-state index in [1.807, 2.05) is 72.2 Å². The van der Waals surface area contributed by atoms with Crippen molar-refractivity contribution in [2.24, 2.45) is 0 Å². The number of imide groups is 1. The Labute approximate surface area is 185 Å². The van der Waals surface area contributed by atoms with E-state index in [-0.39, 0.29) is 6.61 Å². The fraction of sp³-hybridized carbons (Fsp3) is 0.167. The van der Waals surface area contributed by atoms with Gasteiger partial charge in [0.05, 0.1) is 18.8 Å². The summed E-state index contributed by atoms with van der Waals surface area (Å²) in [7, 11) is 0. The van der Waals surface area contributed by atoms with Crippen molar-refractivity contribution in [2.45, 2.75) is 13.5 Å². The highest BCUT2D eigenvalue weighted by atomic mass is 16.6. The predicted molar refractivity (Wildman–Crippen MR) is 118 cm³/mol. The molecule has 32 heavy (non-hydrogen) atoms. The lowest BCUT2D eigenvalue weighted by atomic mass is 10.1. The van der Waals surface area contributed by atoms with Crippen molar-refractivity contribution in [2.75, 3.05) is 13.2 Å². The number of alkyl carbamates (subject to hydrolysis) is 1. The number of rotatable bonds is 8. The summed E-state index contributed by atoms with van der Waals surface area (Å²) in [6.45, 7) is 1.72. The largest absolute Gasteiger partial charge is 0.452 e. The van der Waals surface area contributed by atoms with E-state index in [0.717, 1.165) is 16.7 Å². The molecule has 8 heteroatoms. The number of benzene rings is 2. The molecule has 2 amide bonds. The van der Waals surface area contributed by atoms with Crippen molar-refractivity contribution in [3.05, 3.63) is 84.1 Å². The highest BCUT2D eigenvalue weighted by molar-refractivity contribution is 5.95. The number of ether oxygens (including phenoxy) is 2. The van der Waals surface area contributed by atoms with Crippen LogP contribution < -0.4 is 5.32 Å². The molecule has 0 unspecified atom stereocenters. The zero-order chi connectivity index (χ0) is 22.8. The molecule has 0 spiro atoms. The van der Waals surface area contributed by atoms with Gasteiger partial charge in [-0.1, -0.05) is 60.7 Å². The summed E-state index contributed by atoms with van der Waals surface area (Å²) in [5.41, 5.74) is 3.43. The first kappa shape index (κ1) is 22.5. The molecule has 0 fully saturated rings. The molecule has 0 aliphatic carbocycles. The van der Waals surface area contributed by atoms with Crippen LogP contribution in [0.4, 0.5) is 4.79 Å². The summed E-state index contributed by atoms with van der Waals surface area (Å²) < 4.78 is 11.3. The second-order valence-corrected chi connectivity index (χ2v) is 6.69. The van der Waals surface area contributed by atoms with Gasteiger partial charge in [0.2, 0.25) is 0 Å². The lowest BCUT2D eigenvalue weighted by molar-refractivity contribution is -0.143. The molecule has 3 rings (SSSR count). The third-order valence-corrected chi connectivity index (χ3v) is 4.29. The molecule has 8 nitrogen and oxygen atoms in total. The topological polar surface area (TPSA) is 99.5 Å². The minimum atomic E-state index is -0.887. The molecule has 0 atom stereocenters. The Bertz CT molecular complexity index is 1090.